The van der Waals surface area contributed by atoms with E-state index in [4.69, 9.17) is 11.0 Å². The Kier molecular flexibility index (Phi) is 8.72. The van der Waals surface area contributed by atoms with Crippen LogP contribution in [0.4, 0.5) is 4.39 Å². The van der Waals surface area contributed by atoms with Gasteiger partial charge in [0.25, 0.3) is 0 Å². The molecule has 0 fully saturated rings. The molecule has 0 bridgehead atoms. The predicted octanol–water partition coefficient (Wildman–Crippen LogP) is 4.55. The number of nitriles is 1. The number of nitrogens with zero attached hydrogens (tertiary/aromatic N) is 2. The molecule has 1 amide bonds. The number of amides is 1. The summed E-state index contributed by atoms with van der Waals surface area (Å²) in [7, 11) is 4.07. The smallest absolute Gasteiger partial charge is 0.207 e. The number of halogens is 1. The number of hydrogen-bond donors (Lipinski definition) is 2. The van der Waals surface area contributed by atoms with Crippen molar-refractivity contribution in [3.05, 3.63) is 70.4 Å². The van der Waals surface area contributed by atoms with Gasteiger partial charge in [0.05, 0.1) is 5.56 Å². The zero-order valence-corrected chi connectivity index (χ0v) is 19.8. The van der Waals surface area contributed by atoms with Gasteiger partial charge < -0.3 is 16.0 Å². The largest absolute Gasteiger partial charge is 0.359 e. The van der Waals surface area contributed by atoms with Crippen LogP contribution in [-0.4, -0.2) is 38.0 Å². The zero-order valence-electron chi connectivity index (χ0n) is 19.0. The molecule has 3 rings (SSSR count). The second kappa shape index (κ2) is 11.7. The highest BCUT2D eigenvalue weighted by Gasteiger charge is 2.16. The van der Waals surface area contributed by atoms with E-state index in [2.05, 4.69) is 40.5 Å². The molecule has 1 atom stereocenters. The van der Waals surface area contributed by atoms with Gasteiger partial charge in [0.1, 0.15) is 11.9 Å². The number of nitrogens with two attached hydrogens (primary N) is 1. The van der Waals surface area contributed by atoms with Gasteiger partial charge in [-0.2, -0.15) is 5.26 Å². The molecule has 3 N–H and O–H groups in total. The lowest BCUT2D eigenvalue weighted by molar-refractivity contribution is -0.109. The van der Waals surface area contributed by atoms with E-state index in [9.17, 15) is 9.18 Å². The zero-order chi connectivity index (χ0) is 23.8. The third-order valence-electron chi connectivity index (χ3n) is 5.34. The molecule has 0 aliphatic rings. The molecule has 5 nitrogen and oxygen atoms in total. The van der Waals surface area contributed by atoms with Gasteiger partial charge in [0, 0.05) is 34.4 Å². The number of thiophene rings is 1. The van der Waals surface area contributed by atoms with Gasteiger partial charge in [-0.15, -0.1) is 11.3 Å². The standard InChI is InChI=1S/C26H29FN4OS/c1-31(2)16-18-5-7-19(8-6-18)26-24(20-9-10-21(15-28)25(27)12-20)14-23(33-26)13-22(29)4-3-11-30-17-32/h5-10,12,14,17,22H,3-4,11,13,16,29H2,1-2H3,(H,30,32). The van der Waals surface area contributed by atoms with Crippen LogP contribution in [0.15, 0.2) is 48.5 Å². The minimum Gasteiger partial charge on any atom is -0.359 e. The van der Waals surface area contributed by atoms with Crippen LogP contribution in [-0.2, 0) is 17.8 Å². The lowest BCUT2D eigenvalue weighted by Crippen LogP contribution is -2.24. The summed E-state index contributed by atoms with van der Waals surface area (Å²) in [5, 5.41) is 11.7. The van der Waals surface area contributed by atoms with Gasteiger partial charge in [-0.3, -0.25) is 4.79 Å². The highest BCUT2D eigenvalue weighted by molar-refractivity contribution is 7.16. The fraction of sp³-hybridized carbons (Fsp3) is 0.308. The summed E-state index contributed by atoms with van der Waals surface area (Å²) < 4.78 is 14.4. The van der Waals surface area contributed by atoms with E-state index in [1.165, 1.54) is 17.7 Å². The maximum atomic E-state index is 14.4. The minimum absolute atomic E-state index is 0.0297. The van der Waals surface area contributed by atoms with Crippen LogP contribution in [0.1, 0.15) is 28.8 Å². The summed E-state index contributed by atoms with van der Waals surface area (Å²) in [5.74, 6) is -0.519. The van der Waals surface area contributed by atoms with Crippen LogP contribution in [0.3, 0.4) is 0 Å². The first-order valence-corrected chi connectivity index (χ1v) is 11.7. The Labute approximate surface area is 198 Å². The molecule has 0 radical (unpaired) electrons. The van der Waals surface area contributed by atoms with E-state index in [0.717, 1.165) is 45.8 Å². The molecule has 1 unspecified atom stereocenters. The topological polar surface area (TPSA) is 82.2 Å². The number of carbonyl (C=O) groups excluding carboxylic acids is 1. The van der Waals surface area contributed by atoms with Gasteiger partial charge in [0.15, 0.2) is 0 Å². The molecule has 0 spiro atoms. The minimum atomic E-state index is -0.519. The van der Waals surface area contributed by atoms with Crippen LogP contribution in [0.25, 0.3) is 21.6 Å². The lowest BCUT2D eigenvalue weighted by Gasteiger charge is -2.10. The Hall–Kier alpha value is -3.05. The summed E-state index contributed by atoms with van der Waals surface area (Å²) in [4.78, 5) is 14.7. The van der Waals surface area contributed by atoms with Crippen LogP contribution in [0.2, 0.25) is 0 Å². The third-order valence-corrected chi connectivity index (χ3v) is 6.55. The Morgan fingerprint density at radius 2 is 1.91 bits per heavy atom. The summed E-state index contributed by atoms with van der Waals surface area (Å²) in [6.07, 6.45) is 3.02. The van der Waals surface area contributed by atoms with Crippen molar-refractivity contribution in [1.82, 2.24) is 10.2 Å². The van der Waals surface area contributed by atoms with Gasteiger partial charge >= 0.3 is 0 Å². The van der Waals surface area contributed by atoms with E-state index in [1.807, 2.05) is 20.2 Å². The van der Waals surface area contributed by atoms with Gasteiger partial charge in [-0.05, 0) is 68.2 Å². The second-order valence-electron chi connectivity index (χ2n) is 8.38. The molecule has 33 heavy (non-hydrogen) atoms. The van der Waals surface area contributed by atoms with Crippen molar-refractivity contribution < 1.29 is 9.18 Å². The summed E-state index contributed by atoms with van der Waals surface area (Å²) in [6.45, 7) is 1.47. The van der Waals surface area contributed by atoms with Gasteiger partial charge in [0.2, 0.25) is 6.41 Å². The predicted molar refractivity (Wildman–Crippen MR) is 132 cm³/mol. The Bertz CT molecular complexity index is 1120. The molecular weight excluding hydrogens is 435 g/mol. The summed E-state index contributed by atoms with van der Waals surface area (Å²) >= 11 is 1.67. The van der Waals surface area contributed by atoms with Gasteiger partial charge in [-0.25, -0.2) is 4.39 Å². The number of rotatable bonds is 11. The molecule has 7 heteroatoms. The van der Waals surface area contributed by atoms with Crippen molar-refractivity contribution in [2.45, 2.75) is 31.8 Å². The maximum absolute atomic E-state index is 14.4. The normalized spacial score (nSPS) is 11.9. The van der Waals surface area contributed by atoms with Crippen molar-refractivity contribution in [3.63, 3.8) is 0 Å². The van der Waals surface area contributed by atoms with Crippen LogP contribution < -0.4 is 11.1 Å². The van der Waals surface area contributed by atoms with Crippen molar-refractivity contribution in [3.8, 4) is 27.6 Å². The van der Waals surface area contributed by atoms with Gasteiger partial charge in [-0.1, -0.05) is 30.3 Å². The average Bonchev–Trinajstić information content (AvgIpc) is 3.20. The summed E-state index contributed by atoms with van der Waals surface area (Å²) in [6, 6.07) is 17.1. The average molecular weight is 465 g/mol. The fourth-order valence-corrected chi connectivity index (χ4v) is 5.03. The Balaban J connectivity index is 1.92. The molecule has 1 heterocycles. The molecule has 0 aliphatic heterocycles. The van der Waals surface area contributed by atoms with Crippen molar-refractivity contribution in [1.29, 1.82) is 5.26 Å². The number of carbonyl (C=O) groups is 1. The van der Waals surface area contributed by atoms with Crippen LogP contribution >= 0.6 is 11.3 Å². The second-order valence-corrected chi connectivity index (χ2v) is 9.51. The Morgan fingerprint density at radius 1 is 1.18 bits per heavy atom. The van der Waals surface area contributed by atoms with Crippen molar-refractivity contribution in [2.75, 3.05) is 20.6 Å². The van der Waals surface area contributed by atoms with Crippen LogP contribution in [0, 0.1) is 17.1 Å². The maximum Gasteiger partial charge on any atom is 0.207 e. The quantitative estimate of drug-likeness (QED) is 0.322. The van der Waals surface area contributed by atoms with Crippen molar-refractivity contribution in [2.24, 2.45) is 5.73 Å². The van der Waals surface area contributed by atoms with E-state index in [1.54, 1.807) is 17.4 Å². The highest BCUT2D eigenvalue weighted by Crippen LogP contribution is 2.40. The SMILES string of the molecule is CN(C)Cc1ccc(-c2sc(CC(N)CCCNC=O)cc2-c2ccc(C#N)c(F)c2)cc1. The number of benzene rings is 2. The van der Waals surface area contributed by atoms with E-state index in [0.29, 0.717) is 19.4 Å². The summed E-state index contributed by atoms with van der Waals surface area (Å²) in [5.41, 5.74) is 10.3. The number of nitrogens with one attached hydrogen (secondary N) is 1. The molecule has 0 aliphatic carbocycles. The van der Waals surface area contributed by atoms with E-state index >= 15 is 0 Å². The first-order chi connectivity index (χ1) is 15.9. The monoisotopic (exact) mass is 464 g/mol. The van der Waals surface area contributed by atoms with Crippen molar-refractivity contribution >= 4 is 17.7 Å². The Morgan fingerprint density at radius 3 is 2.55 bits per heavy atom. The molecular formula is C26H29FN4OS. The molecule has 0 saturated carbocycles. The first-order valence-electron chi connectivity index (χ1n) is 10.9. The lowest BCUT2D eigenvalue weighted by atomic mass is 9.99. The molecule has 2 aromatic carbocycles. The van der Waals surface area contributed by atoms with Crippen LogP contribution in [0.5, 0.6) is 0 Å². The third kappa shape index (κ3) is 6.72. The highest BCUT2D eigenvalue weighted by atomic mass is 32.1. The molecule has 3 aromatic rings. The van der Waals surface area contributed by atoms with E-state index < -0.39 is 5.82 Å². The fourth-order valence-electron chi connectivity index (χ4n) is 3.76. The molecule has 1 aromatic heterocycles. The van der Waals surface area contributed by atoms with E-state index in [-0.39, 0.29) is 11.6 Å². The molecule has 172 valence electrons. The molecule has 0 saturated heterocycles. The first kappa shape index (κ1) is 24.6. The number of hydrogen-bond acceptors (Lipinski definition) is 5.